The van der Waals surface area contributed by atoms with Crippen molar-refractivity contribution in [3.8, 4) is 0 Å². The number of pyridine rings is 1. The minimum atomic E-state index is -0.357. The molecule has 0 fully saturated rings. The number of hydrogen-bond acceptors (Lipinski definition) is 4. The zero-order valence-corrected chi connectivity index (χ0v) is 16.3. The molecule has 1 N–H and O–H groups in total. The first-order chi connectivity index (χ1) is 14.0. The Hall–Kier alpha value is -3.51. The van der Waals surface area contributed by atoms with Crippen LogP contribution in [0.1, 0.15) is 21.7 Å². The second kappa shape index (κ2) is 7.85. The van der Waals surface area contributed by atoms with Gasteiger partial charge in [-0.15, -0.1) is 0 Å². The summed E-state index contributed by atoms with van der Waals surface area (Å²) in [7, 11) is 0. The highest BCUT2D eigenvalue weighted by molar-refractivity contribution is 6.34. The third-order valence-electron chi connectivity index (χ3n) is 4.59. The third kappa shape index (κ3) is 3.88. The molecule has 0 bridgehead atoms. The van der Waals surface area contributed by atoms with Gasteiger partial charge in [-0.3, -0.25) is 19.1 Å². The predicted octanol–water partition coefficient (Wildman–Crippen LogP) is 4.05. The van der Waals surface area contributed by atoms with E-state index in [2.05, 4.69) is 15.3 Å². The van der Waals surface area contributed by atoms with Crippen LogP contribution < -0.4 is 10.9 Å². The molecule has 0 aliphatic carbocycles. The van der Waals surface area contributed by atoms with Gasteiger partial charge >= 0.3 is 0 Å². The van der Waals surface area contributed by atoms with Crippen LogP contribution in [0.2, 0.25) is 5.02 Å². The molecule has 0 radical (unpaired) electrons. The molecule has 144 valence electrons. The Bertz CT molecular complexity index is 1250. The van der Waals surface area contributed by atoms with E-state index >= 15 is 0 Å². The fourth-order valence-corrected chi connectivity index (χ4v) is 3.30. The van der Waals surface area contributed by atoms with Crippen molar-refractivity contribution in [1.82, 2.24) is 14.5 Å². The topological polar surface area (TPSA) is 76.9 Å². The molecule has 0 atom stereocenters. The van der Waals surface area contributed by atoms with Crippen LogP contribution in [0, 0.1) is 6.92 Å². The van der Waals surface area contributed by atoms with Crippen LogP contribution in [0.25, 0.3) is 10.9 Å². The number of halogens is 1. The Morgan fingerprint density at radius 2 is 1.93 bits per heavy atom. The van der Waals surface area contributed by atoms with Gasteiger partial charge in [-0.25, -0.2) is 4.98 Å². The average molecular weight is 405 g/mol. The van der Waals surface area contributed by atoms with Gasteiger partial charge in [-0.2, -0.15) is 0 Å². The molecule has 2 heterocycles. The van der Waals surface area contributed by atoms with E-state index in [0.717, 1.165) is 5.56 Å². The SMILES string of the molecule is Cc1nc2cc(Cl)c(NC(=O)c3cccnc3)cc2c(=O)n1Cc1ccccc1. The molecule has 29 heavy (non-hydrogen) atoms. The lowest BCUT2D eigenvalue weighted by molar-refractivity contribution is 0.102. The van der Waals surface area contributed by atoms with Crippen molar-refractivity contribution >= 4 is 34.1 Å². The number of rotatable bonds is 4. The minimum absolute atomic E-state index is 0.190. The van der Waals surface area contributed by atoms with Gasteiger partial charge in [0.05, 0.1) is 33.7 Å². The lowest BCUT2D eigenvalue weighted by Gasteiger charge is -2.13. The molecular weight excluding hydrogens is 388 g/mol. The normalized spacial score (nSPS) is 10.8. The van der Waals surface area contributed by atoms with Gasteiger partial charge < -0.3 is 5.32 Å². The average Bonchev–Trinajstić information content (AvgIpc) is 2.73. The summed E-state index contributed by atoms with van der Waals surface area (Å²) in [6.07, 6.45) is 3.05. The summed E-state index contributed by atoms with van der Waals surface area (Å²) in [6, 6.07) is 16.2. The van der Waals surface area contributed by atoms with E-state index in [1.54, 1.807) is 42.0 Å². The zero-order chi connectivity index (χ0) is 20.4. The van der Waals surface area contributed by atoms with Crippen molar-refractivity contribution in [2.45, 2.75) is 13.5 Å². The molecule has 0 saturated heterocycles. The predicted molar refractivity (Wildman–Crippen MR) is 113 cm³/mol. The number of benzene rings is 2. The number of carbonyl (C=O) groups excluding carboxylic acids is 1. The van der Waals surface area contributed by atoms with Crippen molar-refractivity contribution in [2.75, 3.05) is 5.32 Å². The number of carbonyl (C=O) groups is 1. The summed E-state index contributed by atoms with van der Waals surface area (Å²) in [5, 5.41) is 3.44. The van der Waals surface area contributed by atoms with Crippen LogP contribution in [0.15, 0.2) is 71.8 Å². The Morgan fingerprint density at radius 3 is 2.66 bits per heavy atom. The molecule has 0 unspecified atom stereocenters. The first kappa shape index (κ1) is 18.8. The second-order valence-corrected chi connectivity index (χ2v) is 6.99. The molecule has 6 nitrogen and oxygen atoms in total. The molecule has 7 heteroatoms. The highest BCUT2D eigenvalue weighted by Gasteiger charge is 2.14. The van der Waals surface area contributed by atoms with E-state index in [1.165, 1.54) is 6.20 Å². The number of nitrogens with one attached hydrogen (secondary N) is 1. The standard InChI is InChI=1S/C22H17ClN4O2/c1-14-25-19-11-18(23)20(26-21(28)16-8-5-9-24-12-16)10-17(19)22(29)27(14)13-15-6-3-2-4-7-15/h2-12H,13H2,1H3,(H,26,28). The first-order valence-corrected chi connectivity index (χ1v) is 9.37. The van der Waals surface area contributed by atoms with Crippen molar-refractivity contribution in [1.29, 1.82) is 0 Å². The lowest BCUT2D eigenvalue weighted by Crippen LogP contribution is -2.24. The molecule has 1 amide bonds. The van der Waals surface area contributed by atoms with E-state index in [4.69, 9.17) is 11.6 Å². The number of anilines is 1. The number of amides is 1. The van der Waals surface area contributed by atoms with Gasteiger partial charge in [-0.05, 0) is 36.8 Å². The summed E-state index contributed by atoms with van der Waals surface area (Å²) >= 11 is 6.33. The van der Waals surface area contributed by atoms with Gasteiger partial charge in [0.25, 0.3) is 11.5 Å². The first-order valence-electron chi connectivity index (χ1n) is 8.99. The molecule has 4 rings (SSSR count). The second-order valence-electron chi connectivity index (χ2n) is 6.58. The smallest absolute Gasteiger partial charge is 0.261 e. The van der Waals surface area contributed by atoms with E-state index in [0.29, 0.717) is 39.5 Å². The maximum atomic E-state index is 13.1. The summed E-state index contributed by atoms with van der Waals surface area (Å²) in [5.74, 6) is 0.235. The van der Waals surface area contributed by atoms with Crippen LogP contribution in [-0.4, -0.2) is 20.4 Å². The van der Waals surface area contributed by atoms with E-state index < -0.39 is 0 Å². The molecule has 0 aliphatic heterocycles. The van der Waals surface area contributed by atoms with Crippen molar-refractivity contribution < 1.29 is 4.79 Å². The Labute approximate surface area is 171 Å². The molecule has 0 aliphatic rings. The fraction of sp³-hybridized carbons (Fsp3) is 0.0909. The van der Waals surface area contributed by atoms with Crippen molar-refractivity contribution in [2.24, 2.45) is 0 Å². The summed E-state index contributed by atoms with van der Waals surface area (Å²) < 4.78 is 1.61. The van der Waals surface area contributed by atoms with Crippen LogP contribution in [0.5, 0.6) is 0 Å². The van der Waals surface area contributed by atoms with Crippen LogP contribution in [0.4, 0.5) is 5.69 Å². The fourth-order valence-electron chi connectivity index (χ4n) is 3.09. The van der Waals surface area contributed by atoms with Crippen LogP contribution >= 0.6 is 11.6 Å². The van der Waals surface area contributed by atoms with E-state index in [9.17, 15) is 9.59 Å². The van der Waals surface area contributed by atoms with Crippen molar-refractivity contribution in [3.05, 3.63) is 99.3 Å². The van der Waals surface area contributed by atoms with Gasteiger partial charge in [0, 0.05) is 12.4 Å². The highest BCUT2D eigenvalue weighted by Crippen LogP contribution is 2.26. The van der Waals surface area contributed by atoms with Gasteiger partial charge in [0.1, 0.15) is 5.82 Å². The molecule has 4 aromatic rings. The number of fused-ring (bicyclic) bond motifs is 1. The van der Waals surface area contributed by atoms with E-state index in [-0.39, 0.29) is 11.5 Å². The maximum Gasteiger partial charge on any atom is 0.261 e. The molecule has 2 aromatic carbocycles. The Morgan fingerprint density at radius 1 is 1.14 bits per heavy atom. The van der Waals surface area contributed by atoms with Crippen molar-refractivity contribution in [3.63, 3.8) is 0 Å². The Kier molecular flexibility index (Phi) is 5.10. The number of aromatic nitrogens is 3. The lowest BCUT2D eigenvalue weighted by atomic mass is 10.2. The monoisotopic (exact) mass is 404 g/mol. The molecule has 0 saturated carbocycles. The number of nitrogens with zero attached hydrogens (tertiary/aromatic N) is 3. The number of aryl methyl sites for hydroxylation is 1. The van der Waals surface area contributed by atoms with Gasteiger partial charge in [-0.1, -0.05) is 41.9 Å². The Balaban J connectivity index is 1.75. The molecule has 0 spiro atoms. The molecule has 2 aromatic heterocycles. The largest absolute Gasteiger partial charge is 0.321 e. The van der Waals surface area contributed by atoms with Crippen LogP contribution in [-0.2, 0) is 6.54 Å². The summed E-state index contributed by atoms with van der Waals surface area (Å²) in [5.41, 5.74) is 2.04. The third-order valence-corrected chi connectivity index (χ3v) is 4.90. The number of hydrogen-bond donors (Lipinski definition) is 1. The highest BCUT2D eigenvalue weighted by atomic mass is 35.5. The van der Waals surface area contributed by atoms with Gasteiger partial charge in [0.2, 0.25) is 0 Å². The van der Waals surface area contributed by atoms with E-state index in [1.807, 2.05) is 30.3 Å². The van der Waals surface area contributed by atoms with Crippen LogP contribution in [0.3, 0.4) is 0 Å². The summed E-state index contributed by atoms with van der Waals surface area (Å²) in [6.45, 7) is 2.20. The summed E-state index contributed by atoms with van der Waals surface area (Å²) in [4.78, 5) is 34.0. The maximum absolute atomic E-state index is 13.1. The van der Waals surface area contributed by atoms with Gasteiger partial charge in [0.15, 0.2) is 0 Å². The molecular formula is C22H17ClN4O2. The quantitative estimate of drug-likeness (QED) is 0.556. The minimum Gasteiger partial charge on any atom is -0.321 e. The zero-order valence-electron chi connectivity index (χ0n) is 15.6.